The lowest BCUT2D eigenvalue weighted by Crippen LogP contribution is -2.26. The fraction of sp³-hybridized carbons (Fsp3) is 0.300. The van der Waals surface area contributed by atoms with Gasteiger partial charge >= 0.3 is 11.9 Å². The molecule has 1 aromatic heterocycles. The second-order valence-corrected chi connectivity index (χ2v) is 6.91. The molecule has 1 fully saturated rings. The van der Waals surface area contributed by atoms with Crippen LogP contribution in [0, 0.1) is 5.92 Å². The van der Waals surface area contributed by atoms with Gasteiger partial charge in [-0.3, -0.25) is 4.57 Å². The van der Waals surface area contributed by atoms with Gasteiger partial charge in [-0.1, -0.05) is 18.2 Å². The third kappa shape index (κ3) is 3.41. The summed E-state index contributed by atoms with van der Waals surface area (Å²) >= 11 is 0. The van der Waals surface area contributed by atoms with Gasteiger partial charge in [0.05, 0.1) is 16.8 Å². The molecular formula is C20H18F3N3O. The van der Waals surface area contributed by atoms with Gasteiger partial charge in [-0.2, -0.15) is 18.2 Å². The molecule has 1 atom stereocenters. The predicted octanol–water partition coefficient (Wildman–Crippen LogP) is 4.61. The Morgan fingerprint density at radius 2 is 1.85 bits per heavy atom. The summed E-state index contributed by atoms with van der Waals surface area (Å²) in [5, 5.41) is 3.70. The second kappa shape index (κ2) is 6.40. The van der Waals surface area contributed by atoms with E-state index < -0.39 is 17.4 Å². The van der Waals surface area contributed by atoms with E-state index in [1.54, 1.807) is 30.3 Å². The third-order valence-corrected chi connectivity index (χ3v) is 4.93. The Kier molecular flexibility index (Phi) is 4.17. The van der Waals surface area contributed by atoms with Gasteiger partial charge in [-0.25, -0.2) is 4.79 Å². The summed E-state index contributed by atoms with van der Waals surface area (Å²) in [6, 6.07) is 12.1. The van der Waals surface area contributed by atoms with E-state index in [0.717, 1.165) is 25.0 Å². The van der Waals surface area contributed by atoms with Gasteiger partial charge < -0.3 is 5.32 Å². The highest BCUT2D eigenvalue weighted by atomic mass is 19.4. The van der Waals surface area contributed by atoms with Crippen molar-refractivity contribution in [1.29, 1.82) is 0 Å². The fourth-order valence-corrected chi connectivity index (χ4v) is 3.27. The van der Waals surface area contributed by atoms with E-state index in [4.69, 9.17) is 0 Å². The summed E-state index contributed by atoms with van der Waals surface area (Å²) in [6.45, 7) is 2.00. The summed E-state index contributed by atoms with van der Waals surface area (Å²) in [6.07, 6.45) is -2.29. The average molecular weight is 373 g/mol. The Balaban J connectivity index is 1.96. The lowest BCUT2D eigenvalue weighted by Gasteiger charge is -2.18. The summed E-state index contributed by atoms with van der Waals surface area (Å²) in [4.78, 5) is 16.8. The first kappa shape index (κ1) is 17.6. The van der Waals surface area contributed by atoms with Crippen LogP contribution in [0.2, 0.25) is 0 Å². The van der Waals surface area contributed by atoms with E-state index in [-0.39, 0.29) is 11.6 Å². The standard InChI is InChI=1S/C20H18F3N3O/c1-12(13-7-8-13)24-18-16-10-9-14(20(21,22)23)11-17(16)26(19(27)25-18)15-5-3-2-4-6-15/h2-6,9-13H,7-8H2,1H3,(H,24,25,27)/t12-/m1/s1. The predicted molar refractivity (Wildman–Crippen MR) is 98.2 cm³/mol. The topological polar surface area (TPSA) is 46.9 Å². The Morgan fingerprint density at radius 3 is 2.48 bits per heavy atom. The van der Waals surface area contributed by atoms with Crippen molar-refractivity contribution in [1.82, 2.24) is 9.55 Å². The van der Waals surface area contributed by atoms with Crippen LogP contribution >= 0.6 is 0 Å². The molecule has 0 amide bonds. The SMILES string of the molecule is C[C@@H](Nc1nc(=O)n(-c2ccccc2)c2cc(C(F)(F)F)ccc12)C1CC1. The van der Waals surface area contributed by atoms with Crippen LogP contribution in [-0.2, 0) is 6.18 Å². The molecule has 2 aromatic carbocycles. The molecular weight excluding hydrogens is 355 g/mol. The molecule has 140 valence electrons. The highest BCUT2D eigenvalue weighted by Crippen LogP contribution is 2.36. The molecule has 7 heteroatoms. The minimum absolute atomic E-state index is 0.106. The van der Waals surface area contributed by atoms with Crippen LogP contribution in [0.15, 0.2) is 53.3 Å². The zero-order valence-electron chi connectivity index (χ0n) is 14.6. The smallest absolute Gasteiger partial charge is 0.367 e. The molecule has 1 saturated carbocycles. The van der Waals surface area contributed by atoms with Crippen LogP contribution in [0.1, 0.15) is 25.3 Å². The second-order valence-electron chi connectivity index (χ2n) is 6.91. The third-order valence-electron chi connectivity index (χ3n) is 4.93. The van der Waals surface area contributed by atoms with Crippen molar-refractivity contribution >= 4 is 16.7 Å². The minimum Gasteiger partial charge on any atom is -0.367 e. The molecule has 0 radical (unpaired) electrons. The number of aromatic nitrogens is 2. The zero-order chi connectivity index (χ0) is 19.2. The maximum absolute atomic E-state index is 13.3. The minimum atomic E-state index is -4.50. The maximum atomic E-state index is 13.3. The first-order valence-corrected chi connectivity index (χ1v) is 8.80. The van der Waals surface area contributed by atoms with E-state index in [1.807, 2.05) is 6.92 Å². The lowest BCUT2D eigenvalue weighted by atomic mass is 10.1. The number of rotatable bonds is 4. The van der Waals surface area contributed by atoms with Gasteiger partial charge in [0.2, 0.25) is 0 Å². The van der Waals surface area contributed by atoms with Crippen molar-refractivity contribution < 1.29 is 13.2 Å². The molecule has 0 unspecified atom stereocenters. The number of para-hydroxylation sites is 1. The number of alkyl halides is 3. The van der Waals surface area contributed by atoms with Crippen molar-refractivity contribution in [3.8, 4) is 5.69 Å². The molecule has 1 heterocycles. The van der Waals surface area contributed by atoms with Crippen LogP contribution in [-0.4, -0.2) is 15.6 Å². The molecule has 1 N–H and O–H groups in total. The monoisotopic (exact) mass is 373 g/mol. The number of halogens is 3. The Labute approximate surface area is 153 Å². The van der Waals surface area contributed by atoms with Crippen molar-refractivity contribution in [3.63, 3.8) is 0 Å². The van der Waals surface area contributed by atoms with Gasteiger partial charge in [-0.05, 0) is 56.0 Å². The Morgan fingerprint density at radius 1 is 1.15 bits per heavy atom. The average Bonchev–Trinajstić information content (AvgIpc) is 3.46. The van der Waals surface area contributed by atoms with Crippen molar-refractivity contribution in [2.24, 2.45) is 5.92 Å². The first-order valence-electron chi connectivity index (χ1n) is 8.80. The van der Waals surface area contributed by atoms with E-state index in [9.17, 15) is 18.0 Å². The van der Waals surface area contributed by atoms with Crippen molar-refractivity contribution in [2.45, 2.75) is 32.0 Å². The van der Waals surface area contributed by atoms with Crippen LogP contribution in [0.25, 0.3) is 16.6 Å². The number of nitrogens with zero attached hydrogens (tertiary/aromatic N) is 2. The zero-order valence-corrected chi connectivity index (χ0v) is 14.6. The van der Waals surface area contributed by atoms with E-state index in [0.29, 0.717) is 22.8 Å². The summed E-state index contributed by atoms with van der Waals surface area (Å²) in [7, 11) is 0. The van der Waals surface area contributed by atoms with Gasteiger partial charge in [0, 0.05) is 11.4 Å². The van der Waals surface area contributed by atoms with Gasteiger partial charge in [-0.15, -0.1) is 0 Å². The van der Waals surface area contributed by atoms with Crippen LogP contribution in [0.3, 0.4) is 0 Å². The lowest BCUT2D eigenvalue weighted by molar-refractivity contribution is -0.137. The number of anilines is 1. The summed E-state index contributed by atoms with van der Waals surface area (Å²) in [5.74, 6) is 0.836. The Bertz CT molecular complexity index is 1040. The van der Waals surface area contributed by atoms with Crippen molar-refractivity contribution in [2.75, 3.05) is 5.32 Å². The first-order chi connectivity index (χ1) is 12.8. The summed E-state index contributed by atoms with van der Waals surface area (Å²) < 4.78 is 41.0. The molecule has 0 saturated heterocycles. The highest BCUT2D eigenvalue weighted by Gasteiger charge is 2.32. The quantitative estimate of drug-likeness (QED) is 0.726. The van der Waals surface area contributed by atoms with E-state index in [2.05, 4.69) is 10.3 Å². The molecule has 4 rings (SSSR count). The molecule has 4 nitrogen and oxygen atoms in total. The van der Waals surface area contributed by atoms with E-state index in [1.165, 1.54) is 10.6 Å². The highest BCUT2D eigenvalue weighted by molar-refractivity contribution is 5.91. The number of fused-ring (bicyclic) bond motifs is 1. The van der Waals surface area contributed by atoms with Crippen molar-refractivity contribution in [3.05, 3.63) is 64.6 Å². The number of hydrogen-bond acceptors (Lipinski definition) is 3. The molecule has 27 heavy (non-hydrogen) atoms. The van der Waals surface area contributed by atoms with Gasteiger partial charge in [0.1, 0.15) is 5.82 Å². The summed E-state index contributed by atoms with van der Waals surface area (Å²) in [5.41, 5.74) is -0.757. The largest absolute Gasteiger partial charge is 0.416 e. The van der Waals surface area contributed by atoms with Gasteiger partial charge in [0.25, 0.3) is 0 Å². The van der Waals surface area contributed by atoms with Crippen LogP contribution in [0.4, 0.5) is 19.0 Å². The van der Waals surface area contributed by atoms with Gasteiger partial charge in [0.15, 0.2) is 0 Å². The molecule has 0 aliphatic heterocycles. The molecule has 3 aromatic rings. The normalized spacial score (nSPS) is 15.7. The molecule has 0 bridgehead atoms. The van der Waals surface area contributed by atoms with E-state index >= 15 is 0 Å². The van der Waals surface area contributed by atoms with Crippen LogP contribution in [0.5, 0.6) is 0 Å². The number of benzene rings is 2. The molecule has 1 aliphatic rings. The molecule has 0 spiro atoms. The number of nitrogens with one attached hydrogen (secondary N) is 1. The maximum Gasteiger partial charge on any atom is 0.416 e. The Hall–Kier alpha value is -2.83. The molecule has 1 aliphatic carbocycles. The number of hydrogen-bond donors (Lipinski definition) is 1. The van der Waals surface area contributed by atoms with Crippen LogP contribution < -0.4 is 11.0 Å². The fourth-order valence-electron chi connectivity index (χ4n) is 3.27.